The molecule has 1 aliphatic rings. The van der Waals surface area contributed by atoms with Gasteiger partial charge in [-0.2, -0.15) is 0 Å². The van der Waals surface area contributed by atoms with E-state index in [0.717, 1.165) is 19.3 Å². The van der Waals surface area contributed by atoms with Crippen molar-refractivity contribution in [2.24, 2.45) is 5.92 Å². The Morgan fingerprint density at radius 1 is 1.42 bits per heavy atom. The van der Waals surface area contributed by atoms with Crippen molar-refractivity contribution in [3.63, 3.8) is 0 Å². The molecule has 0 aromatic carbocycles. The van der Waals surface area contributed by atoms with E-state index in [0.29, 0.717) is 12.8 Å². The summed E-state index contributed by atoms with van der Waals surface area (Å²) in [5.41, 5.74) is 0. The molecule has 0 bridgehead atoms. The number of carbonyl (C=O) groups is 2. The van der Waals surface area contributed by atoms with Crippen molar-refractivity contribution in [3.05, 3.63) is 0 Å². The molecule has 1 aliphatic carbocycles. The van der Waals surface area contributed by atoms with E-state index in [-0.39, 0.29) is 12.0 Å². The minimum absolute atomic E-state index is 0.159. The molecule has 4 nitrogen and oxygen atoms in total. The van der Waals surface area contributed by atoms with Gasteiger partial charge in [0.1, 0.15) is 0 Å². The van der Waals surface area contributed by atoms with Gasteiger partial charge in [-0.3, -0.25) is 9.59 Å². The maximum Gasteiger partial charge on any atom is 0.308 e. The van der Waals surface area contributed by atoms with Gasteiger partial charge in [0.25, 0.3) is 0 Å². The Kier molecular flexibility index (Phi) is 3.08. The molecule has 2 atom stereocenters. The predicted molar refractivity (Wildman–Crippen MR) is 42.6 cm³/mol. The summed E-state index contributed by atoms with van der Waals surface area (Å²) in [6, 6.07) is -0.159. The van der Waals surface area contributed by atoms with Crippen molar-refractivity contribution in [1.82, 2.24) is 5.32 Å². The molecule has 0 saturated heterocycles. The van der Waals surface area contributed by atoms with Gasteiger partial charge in [-0.15, -0.1) is 0 Å². The maximum atomic E-state index is 10.7. The third-order valence-corrected chi connectivity index (χ3v) is 2.37. The van der Waals surface area contributed by atoms with Gasteiger partial charge >= 0.3 is 5.97 Å². The Morgan fingerprint density at radius 2 is 2.08 bits per heavy atom. The van der Waals surface area contributed by atoms with Crippen LogP contribution < -0.4 is 5.32 Å². The Balaban J connectivity index is 2.53. The summed E-state index contributed by atoms with van der Waals surface area (Å²) in [6.07, 6.45) is 4.02. The van der Waals surface area contributed by atoms with Crippen LogP contribution in [-0.2, 0) is 9.59 Å². The lowest BCUT2D eigenvalue weighted by atomic mass is 9.85. The van der Waals surface area contributed by atoms with E-state index in [1.165, 1.54) is 0 Å². The first kappa shape index (κ1) is 9.03. The second kappa shape index (κ2) is 4.09. The van der Waals surface area contributed by atoms with E-state index >= 15 is 0 Å². The van der Waals surface area contributed by atoms with Crippen molar-refractivity contribution in [3.8, 4) is 0 Å². The third-order valence-electron chi connectivity index (χ3n) is 2.37. The molecule has 68 valence electrons. The number of carboxylic acid groups (broad SMARTS) is 1. The largest absolute Gasteiger partial charge is 0.481 e. The summed E-state index contributed by atoms with van der Waals surface area (Å²) in [7, 11) is 0. The fraction of sp³-hybridized carbons (Fsp3) is 0.750. The zero-order chi connectivity index (χ0) is 8.97. The van der Waals surface area contributed by atoms with E-state index in [4.69, 9.17) is 5.11 Å². The molecule has 4 heteroatoms. The number of nitrogens with one attached hydrogen (secondary N) is 1. The van der Waals surface area contributed by atoms with Crippen LogP contribution in [0.3, 0.4) is 0 Å². The zero-order valence-corrected chi connectivity index (χ0v) is 6.82. The van der Waals surface area contributed by atoms with Gasteiger partial charge in [-0.1, -0.05) is 12.8 Å². The van der Waals surface area contributed by atoms with Crippen molar-refractivity contribution in [2.75, 3.05) is 0 Å². The molecule has 0 heterocycles. The van der Waals surface area contributed by atoms with Gasteiger partial charge in [0.05, 0.1) is 5.92 Å². The topological polar surface area (TPSA) is 66.4 Å². The van der Waals surface area contributed by atoms with Crippen molar-refractivity contribution >= 4 is 12.4 Å². The van der Waals surface area contributed by atoms with Gasteiger partial charge in [0, 0.05) is 6.04 Å². The fourth-order valence-electron chi connectivity index (χ4n) is 1.71. The summed E-state index contributed by atoms with van der Waals surface area (Å²) < 4.78 is 0. The minimum Gasteiger partial charge on any atom is -0.481 e. The SMILES string of the molecule is O=CN[C@H]1CCCC[C@H]1C(=O)O. The van der Waals surface area contributed by atoms with Gasteiger partial charge in [0.15, 0.2) is 0 Å². The first-order chi connectivity index (χ1) is 5.75. The standard InChI is InChI=1S/C8H13NO3/c10-5-9-7-4-2-1-3-6(7)8(11)12/h5-7H,1-4H2,(H,9,10)(H,11,12)/t6-,7+/m1/s1. The third kappa shape index (κ3) is 1.96. The van der Waals surface area contributed by atoms with E-state index in [9.17, 15) is 9.59 Å². The van der Waals surface area contributed by atoms with E-state index in [1.807, 2.05) is 0 Å². The van der Waals surface area contributed by atoms with Crippen LogP contribution in [0.2, 0.25) is 0 Å². The second-order valence-electron chi connectivity index (χ2n) is 3.12. The normalized spacial score (nSPS) is 29.3. The molecular weight excluding hydrogens is 158 g/mol. The summed E-state index contributed by atoms with van der Waals surface area (Å²) in [5, 5.41) is 11.3. The van der Waals surface area contributed by atoms with Crippen LogP contribution >= 0.6 is 0 Å². The molecule has 0 radical (unpaired) electrons. The minimum atomic E-state index is -0.797. The van der Waals surface area contributed by atoms with Crippen molar-refractivity contribution < 1.29 is 14.7 Å². The lowest BCUT2D eigenvalue weighted by Gasteiger charge is -2.27. The number of amides is 1. The van der Waals surface area contributed by atoms with Crippen molar-refractivity contribution in [2.45, 2.75) is 31.7 Å². The Labute approximate surface area is 71.0 Å². The van der Waals surface area contributed by atoms with Gasteiger partial charge in [-0.05, 0) is 12.8 Å². The molecule has 0 aromatic heterocycles. The summed E-state index contributed by atoms with van der Waals surface area (Å²) in [6.45, 7) is 0. The summed E-state index contributed by atoms with van der Waals surface area (Å²) in [5.74, 6) is -1.18. The van der Waals surface area contributed by atoms with Crippen LogP contribution in [0.5, 0.6) is 0 Å². The number of hydrogen-bond donors (Lipinski definition) is 2. The van der Waals surface area contributed by atoms with Gasteiger partial charge in [0.2, 0.25) is 6.41 Å². The first-order valence-electron chi connectivity index (χ1n) is 4.18. The molecule has 0 unspecified atom stereocenters. The molecule has 12 heavy (non-hydrogen) atoms. The quantitative estimate of drug-likeness (QED) is 0.603. The summed E-state index contributed by atoms with van der Waals surface area (Å²) in [4.78, 5) is 20.8. The Hall–Kier alpha value is -1.06. The number of rotatable bonds is 3. The van der Waals surface area contributed by atoms with Crippen LogP contribution in [0.25, 0.3) is 0 Å². The monoisotopic (exact) mass is 171 g/mol. The fourth-order valence-corrected chi connectivity index (χ4v) is 1.71. The molecule has 2 N–H and O–H groups in total. The van der Waals surface area contributed by atoms with Crippen LogP contribution in [0.1, 0.15) is 25.7 Å². The smallest absolute Gasteiger partial charge is 0.308 e. The lowest BCUT2D eigenvalue weighted by Crippen LogP contribution is -2.41. The summed E-state index contributed by atoms with van der Waals surface area (Å²) >= 11 is 0. The number of carboxylic acids is 1. The predicted octanol–water partition coefficient (Wildman–Crippen LogP) is 0.376. The number of aliphatic carboxylic acids is 1. The van der Waals surface area contributed by atoms with E-state index in [1.54, 1.807) is 0 Å². The maximum absolute atomic E-state index is 10.7. The van der Waals surface area contributed by atoms with Crippen LogP contribution in [0.15, 0.2) is 0 Å². The van der Waals surface area contributed by atoms with Crippen molar-refractivity contribution in [1.29, 1.82) is 0 Å². The van der Waals surface area contributed by atoms with Gasteiger partial charge in [-0.25, -0.2) is 0 Å². The molecule has 1 rings (SSSR count). The van der Waals surface area contributed by atoms with E-state index < -0.39 is 5.97 Å². The molecule has 1 saturated carbocycles. The van der Waals surface area contributed by atoms with Gasteiger partial charge < -0.3 is 10.4 Å². The first-order valence-corrected chi connectivity index (χ1v) is 4.18. The highest BCUT2D eigenvalue weighted by Gasteiger charge is 2.29. The molecule has 1 amide bonds. The average Bonchev–Trinajstić information content (AvgIpc) is 2.05. The molecule has 0 aromatic rings. The molecular formula is C8H13NO3. The second-order valence-corrected chi connectivity index (χ2v) is 3.12. The van der Waals surface area contributed by atoms with Crippen LogP contribution in [0.4, 0.5) is 0 Å². The molecule has 0 spiro atoms. The van der Waals surface area contributed by atoms with Crippen LogP contribution in [0, 0.1) is 5.92 Å². The average molecular weight is 171 g/mol. The number of carbonyl (C=O) groups excluding carboxylic acids is 1. The number of hydrogen-bond acceptors (Lipinski definition) is 2. The highest BCUT2D eigenvalue weighted by molar-refractivity contribution is 5.71. The molecule has 1 fully saturated rings. The lowest BCUT2D eigenvalue weighted by molar-refractivity contribution is -0.143. The molecule has 0 aliphatic heterocycles. The highest BCUT2D eigenvalue weighted by atomic mass is 16.4. The Bertz CT molecular complexity index is 181. The van der Waals surface area contributed by atoms with Crippen LogP contribution in [-0.4, -0.2) is 23.5 Å². The Morgan fingerprint density at radius 3 is 2.67 bits per heavy atom. The zero-order valence-electron chi connectivity index (χ0n) is 6.82. The highest BCUT2D eigenvalue weighted by Crippen LogP contribution is 2.24. The van der Waals surface area contributed by atoms with E-state index in [2.05, 4.69) is 5.32 Å².